The summed E-state index contributed by atoms with van der Waals surface area (Å²) in [7, 11) is 0. The predicted octanol–water partition coefficient (Wildman–Crippen LogP) is 3.56. The van der Waals surface area contributed by atoms with Crippen molar-refractivity contribution in [2.24, 2.45) is 17.1 Å². The summed E-state index contributed by atoms with van der Waals surface area (Å²) in [6.07, 6.45) is 7.43. The molecule has 3 heteroatoms. The van der Waals surface area contributed by atoms with E-state index in [4.69, 9.17) is 5.73 Å². The summed E-state index contributed by atoms with van der Waals surface area (Å²) in [4.78, 5) is 0. The molecule has 1 unspecified atom stereocenters. The Morgan fingerprint density at radius 2 is 2.00 bits per heavy atom. The molecule has 2 aliphatic carbocycles. The van der Waals surface area contributed by atoms with Crippen LogP contribution in [-0.2, 0) is 0 Å². The van der Waals surface area contributed by atoms with E-state index in [9.17, 15) is 9.50 Å². The summed E-state index contributed by atoms with van der Waals surface area (Å²) >= 11 is 0. The standard InChI is InChI=1S/C13H20FNO/c1-13(5-3-2-4-6-13)9-7-10(14)11(15)8-12(9)16/h8-9,16H,2-7,15H2,1H3. The summed E-state index contributed by atoms with van der Waals surface area (Å²) in [6, 6.07) is 0. The molecule has 0 aromatic rings. The average molecular weight is 225 g/mol. The molecule has 0 saturated heterocycles. The van der Waals surface area contributed by atoms with Crippen molar-refractivity contribution in [2.45, 2.75) is 45.4 Å². The lowest BCUT2D eigenvalue weighted by Crippen LogP contribution is -2.33. The first-order valence-electron chi connectivity index (χ1n) is 6.07. The van der Waals surface area contributed by atoms with Gasteiger partial charge in [-0.05, 0) is 18.3 Å². The van der Waals surface area contributed by atoms with Crippen LogP contribution in [-0.4, -0.2) is 5.11 Å². The van der Waals surface area contributed by atoms with Crippen LogP contribution in [0.1, 0.15) is 45.4 Å². The largest absolute Gasteiger partial charge is 0.512 e. The second-order valence-corrected chi connectivity index (χ2v) is 5.40. The fourth-order valence-corrected chi connectivity index (χ4v) is 3.05. The molecule has 1 saturated carbocycles. The number of nitrogens with two attached hydrogens (primary N) is 1. The SMILES string of the molecule is CC1(C2CC(F)=C(N)C=C2O)CCCCC1. The molecule has 0 spiro atoms. The van der Waals surface area contributed by atoms with E-state index in [1.165, 1.54) is 25.3 Å². The van der Waals surface area contributed by atoms with Crippen LogP contribution in [0.2, 0.25) is 0 Å². The predicted molar refractivity (Wildman–Crippen MR) is 62.3 cm³/mol. The highest BCUT2D eigenvalue weighted by molar-refractivity contribution is 5.28. The van der Waals surface area contributed by atoms with E-state index in [0.717, 1.165) is 12.8 Å². The molecule has 0 heterocycles. The third kappa shape index (κ3) is 1.95. The number of aliphatic hydroxyl groups is 1. The van der Waals surface area contributed by atoms with Gasteiger partial charge in [-0.25, -0.2) is 4.39 Å². The summed E-state index contributed by atoms with van der Waals surface area (Å²) in [6.45, 7) is 2.16. The number of allylic oxidation sites excluding steroid dienone is 3. The Balaban J connectivity index is 2.20. The Morgan fingerprint density at radius 1 is 1.38 bits per heavy atom. The first-order chi connectivity index (χ1) is 7.53. The minimum atomic E-state index is -0.269. The molecule has 0 aromatic carbocycles. The number of rotatable bonds is 1. The summed E-state index contributed by atoms with van der Waals surface area (Å²) < 4.78 is 13.5. The molecule has 0 aromatic heterocycles. The zero-order chi connectivity index (χ0) is 11.8. The first kappa shape index (κ1) is 11.5. The first-order valence-corrected chi connectivity index (χ1v) is 6.07. The summed E-state index contributed by atoms with van der Waals surface area (Å²) in [5, 5.41) is 9.95. The Bertz CT molecular complexity index is 340. The van der Waals surface area contributed by atoms with Crippen LogP contribution in [0.15, 0.2) is 23.4 Å². The zero-order valence-corrected chi connectivity index (χ0v) is 9.80. The molecule has 0 bridgehead atoms. The zero-order valence-electron chi connectivity index (χ0n) is 9.80. The second kappa shape index (κ2) is 4.11. The van der Waals surface area contributed by atoms with Crippen molar-refractivity contribution in [3.05, 3.63) is 23.4 Å². The maximum Gasteiger partial charge on any atom is 0.124 e. The minimum absolute atomic E-state index is 0.0386. The number of halogens is 1. The van der Waals surface area contributed by atoms with Crippen molar-refractivity contribution in [1.82, 2.24) is 0 Å². The highest BCUT2D eigenvalue weighted by atomic mass is 19.1. The van der Waals surface area contributed by atoms with Crippen LogP contribution in [0, 0.1) is 11.3 Å². The number of hydrogen-bond acceptors (Lipinski definition) is 2. The van der Waals surface area contributed by atoms with E-state index in [0.29, 0.717) is 0 Å². The normalized spacial score (nSPS) is 30.1. The molecule has 0 aliphatic heterocycles. The fraction of sp³-hybridized carbons (Fsp3) is 0.692. The molecule has 90 valence electrons. The van der Waals surface area contributed by atoms with Gasteiger partial charge in [-0.15, -0.1) is 0 Å². The number of hydrogen-bond donors (Lipinski definition) is 2. The van der Waals surface area contributed by atoms with Gasteiger partial charge in [0.1, 0.15) is 5.83 Å². The van der Waals surface area contributed by atoms with Gasteiger partial charge in [0.2, 0.25) is 0 Å². The van der Waals surface area contributed by atoms with Crippen LogP contribution in [0.5, 0.6) is 0 Å². The third-order valence-corrected chi connectivity index (χ3v) is 4.19. The Morgan fingerprint density at radius 3 is 2.62 bits per heavy atom. The van der Waals surface area contributed by atoms with Gasteiger partial charge in [0.25, 0.3) is 0 Å². The van der Waals surface area contributed by atoms with Crippen molar-refractivity contribution in [2.75, 3.05) is 0 Å². The van der Waals surface area contributed by atoms with E-state index in [-0.39, 0.29) is 35.0 Å². The third-order valence-electron chi connectivity index (χ3n) is 4.19. The van der Waals surface area contributed by atoms with Crippen molar-refractivity contribution in [3.8, 4) is 0 Å². The van der Waals surface area contributed by atoms with E-state index in [1.807, 2.05) is 0 Å². The second-order valence-electron chi connectivity index (χ2n) is 5.40. The Kier molecular flexibility index (Phi) is 2.96. The molecule has 2 rings (SSSR count). The lowest BCUT2D eigenvalue weighted by molar-refractivity contribution is 0.101. The summed E-state index contributed by atoms with van der Waals surface area (Å²) in [5.74, 6) is -0.0852. The average Bonchev–Trinajstić information content (AvgIpc) is 2.24. The lowest BCUT2D eigenvalue weighted by Gasteiger charge is -2.41. The van der Waals surface area contributed by atoms with E-state index < -0.39 is 0 Å². The highest BCUT2D eigenvalue weighted by Gasteiger charge is 2.39. The fourth-order valence-electron chi connectivity index (χ4n) is 3.05. The molecule has 3 N–H and O–H groups in total. The van der Waals surface area contributed by atoms with Gasteiger partial charge in [-0.2, -0.15) is 0 Å². The molecular weight excluding hydrogens is 205 g/mol. The van der Waals surface area contributed by atoms with Crippen LogP contribution in [0.3, 0.4) is 0 Å². The highest BCUT2D eigenvalue weighted by Crippen LogP contribution is 2.48. The van der Waals surface area contributed by atoms with Gasteiger partial charge in [0.15, 0.2) is 0 Å². The molecule has 16 heavy (non-hydrogen) atoms. The van der Waals surface area contributed by atoms with Crippen molar-refractivity contribution < 1.29 is 9.50 Å². The molecule has 2 nitrogen and oxygen atoms in total. The minimum Gasteiger partial charge on any atom is -0.512 e. The van der Waals surface area contributed by atoms with Gasteiger partial charge in [0, 0.05) is 18.4 Å². The van der Waals surface area contributed by atoms with Gasteiger partial charge in [-0.3, -0.25) is 0 Å². The Hall–Kier alpha value is -0.990. The van der Waals surface area contributed by atoms with Crippen LogP contribution < -0.4 is 5.73 Å². The maximum absolute atomic E-state index is 13.5. The molecule has 1 atom stereocenters. The van der Waals surface area contributed by atoms with Crippen LogP contribution in [0.4, 0.5) is 4.39 Å². The van der Waals surface area contributed by atoms with E-state index >= 15 is 0 Å². The maximum atomic E-state index is 13.5. The number of aliphatic hydroxyl groups excluding tert-OH is 1. The van der Waals surface area contributed by atoms with E-state index in [2.05, 4.69) is 6.92 Å². The molecule has 0 radical (unpaired) electrons. The van der Waals surface area contributed by atoms with Crippen LogP contribution >= 0.6 is 0 Å². The lowest BCUT2D eigenvalue weighted by atomic mass is 9.64. The van der Waals surface area contributed by atoms with Gasteiger partial charge in [-0.1, -0.05) is 26.2 Å². The van der Waals surface area contributed by atoms with E-state index in [1.54, 1.807) is 0 Å². The smallest absolute Gasteiger partial charge is 0.124 e. The van der Waals surface area contributed by atoms with Gasteiger partial charge < -0.3 is 10.8 Å². The van der Waals surface area contributed by atoms with Crippen molar-refractivity contribution in [3.63, 3.8) is 0 Å². The molecule has 0 amide bonds. The molecule has 1 fully saturated rings. The van der Waals surface area contributed by atoms with Gasteiger partial charge in [0.05, 0.1) is 11.5 Å². The summed E-state index contributed by atoms with van der Waals surface area (Å²) in [5.41, 5.74) is 5.60. The van der Waals surface area contributed by atoms with Crippen molar-refractivity contribution >= 4 is 0 Å². The van der Waals surface area contributed by atoms with Gasteiger partial charge >= 0.3 is 0 Å². The van der Waals surface area contributed by atoms with Crippen LogP contribution in [0.25, 0.3) is 0 Å². The molecular formula is C13H20FNO. The molecule has 2 aliphatic rings. The quantitative estimate of drug-likeness (QED) is 0.716. The monoisotopic (exact) mass is 225 g/mol. The Labute approximate surface area is 96.0 Å². The van der Waals surface area contributed by atoms with Crippen molar-refractivity contribution in [1.29, 1.82) is 0 Å². The topological polar surface area (TPSA) is 46.2 Å².